The molecule has 0 fully saturated rings. The molecule has 0 unspecified atom stereocenters. The van der Waals surface area contributed by atoms with Crippen LogP contribution >= 0.6 is 0 Å². The van der Waals surface area contributed by atoms with Gasteiger partial charge in [-0.25, -0.2) is 0 Å². The molecular weight excluding hydrogens is 164 g/mol. The molecule has 0 heterocycles. The quantitative estimate of drug-likeness (QED) is 0.371. The molecule has 0 amide bonds. The van der Waals surface area contributed by atoms with Crippen molar-refractivity contribution in [3.63, 3.8) is 0 Å². The number of anilines is 1. The predicted molar refractivity (Wildman–Crippen MR) is 54.5 cm³/mol. The van der Waals surface area contributed by atoms with Crippen LogP contribution in [0.5, 0.6) is 5.75 Å². The van der Waals surface area contributed by atoms with Gasteiger partial charge in [-0.05, 0) is 43.5 Å². The third-order valence-corrected chi connectivity index (χ3v) is 2.01. The first-order valence-electron chi connectivity index (χ1n) is 4.51. The van der Waals surface area contributed by atoms with Gasteiger partial charge in [-0.1, -0.05) is 6.07 Å². The second-order valence-electron chi connectivity index (χ2n) is 3.14. The number of aromatic hydroxyl groups is 1. The molecule has 5 N–H and O–H groups in total. The number of rotatable bonds is 4. The third-order valence-electron chi connectivity index (χ3n) is 2.01. The number of phenols is 1. The van der Waals surface area contributed by atoms with Crippen molar-refractivity contribution in [2.24, 2.45) is 5.73 Å². The second-order valence-corrected chi connectivity index (χ2v) is 3.14. The van der Waals surface area contributed by atoms with Gasteiger partial charge in [-0.3, -0.25) is 0 Å². The summed E-state index contributed by atoms with van der Waals surface area (Å²) in [6.07, 6.45) is 3.07. The number of aryl methyl sites for hydroxylation is 1. The van der Waals surface area contributed by atoms with Crippen LogP contribution in [0.1, 0.15) is 18.4 Å². The van der Waals surface area contributed by atoms with Crippen LogP contribution in [-0.2, 0) is 6.42 Å². The zero-order valence-electron chi connectivity index (χ0n) is 7.66. The number of benzene rings is 1. The third kappa shape index (κ3) is 2.95. The van der Waals surface area contributed by atoms with Gasteiger partial charge in [0, 0.05) is 0 Å². The van der Waals surface area contributed by atoms with E-state index in [0.717, 1.165) is 31.4 Å². The lowest BCUT2D eigenvalue weighted by atomic mass is 10.1. The Kier molecular flexibility index (Phi) is 3.58. The molecule has 1 aromatic carbocycles. The van der Waals surface area contributed by atoms with Crippen molar-refractivity contribution in [1.29, 1.82) is 0 Å². The first-order valence-corrected chi connectivity index (χ1v) is 4.51. The van der Waals surface area contributed by atoms with E-state index in [1.54, 1.807) is 6.07 Å². The van der Waals surface area contributed by atoms with Crippen molar-refractivity contribution in [2.75, 3.05) is 12.3 Å². The van der Waals surface area contributed by atoms with Gasteiger partial charge in [0.05, 0.1) is 5.69 Å². The smallest absolute Gasteiger partial charge is 0.138 e. The highest BCUT2D eigenvalue weighted by Gasteiger charge is 1.98. The first-order chi connectivity index (χ1) is 6.24. The van der Waals surface area contributed by atoms with E-state index in [9.17, 15) is 5.11 Å². The number of hydrogen-bond donors (Lipinski definition) is 3. The lowest BCUT2D eigenvalue weighted by Gasteiger charge is -2.03. The van der Waals surface area contributed by atoms with Gasteiger partial charge in [-0.15, -0.1) is 0 Å². The molecule has 0 aliphatic rings. The highest BCUT2D eigenvalue weighted by molar-refractivity contribution is 5.53. The normalized spacial score (nSPS) is 10.2. The van der Waals surface area contributed by atoms with Gasteiger partial charge in [0.1, 0.15) is 5.75 Å². The summed E-state index contributed by atoms with van der Waals surface area (Å²) in [6.45, 7) is 0.730. The van der Waals surface area contributed by atoms with Crippen LogP contribution in [0.15, 0.2) is 18.2 Å². The molecule has 0 saturated heterocycles. The highest BCUT2D eigenvalue weighted by Crippen LogP contribution is 2.21. The minimum Gasteiger partial charge on any atom is -0.506 e. The monoisotopic (exact) mass is 180 g/mol. The van der Waals surface area contributed by atoms with Gasteiger partial charge < -0.3 is 16.6 Å². The molecule has 1 aromatic rings. The van der Waals surface area contributed by atoms with Gasteiger partial charge in [-0.2, -0.15) is 0 Å². The molecule has 0 aromatic heterocycles. The van der Waals surface area contributed by atoms with Gasteiger partial charge in [0.2, 0.25) is 0 Å². The van der Waals surface area contributed by atoms with E-state index < -0.39 is 0 Å². The Labute approximate surface area is 78.4 Å². The molecule has 0 saturated carbocycles. The minimum absolute atomic E-state index is 0.155. The molecule has 0 aliphatic heterocycles. The van der Waals surface area contributed by atoms with Gasteiger partial charge in [0.15, 0.2) is 0 Å². The van der Waals surface area contributed by atoms with Crippen molar-refractivity contribution in [2.45, 2.75) is 19.3 Å². The Bertz CT molecular complexity index is 274. The molecule has 3 heteroatoms. The van der Waals surface area contributed by atoms with Crippen molar-refractivity contribution in [1.82, 2.24) is 0 Å². The minimum atomic E-state index is 0.155. The number of phenolic OH excluding ortho intramolecular Hbond substituents is 1. The zero-order chi connectivity index (χ0) is 9.68. The van der Waals surface area contributed by atoms with E-state index in [4.69, 9.17) is 11.5 Å². The maximum absolute atomic E-state index is 9.17. The van der Waals surface area contributed by atoms with Crippen molar-refractivity contribution in [3.8, 4) is 5.75 Å². The average Bonchev–Trinajstić information content (AvgIpc) is 2.12. The molecule has 0 aliphatic carbocycles. The lowest BCUT2D eigenvalue weighted by Crippen LogP contribution is -1.99. The van der Waals surface area contributed by atoms with Crippen LogP contribution in [-0.4, -0.2) is 11.7 Å². The number of unbranched alkanes of at least 4 members (excludes halogenated alkanes) is 1. The van der Waals surface area contributed by atoms with E-state index in [1.165, 1.54) is 0 Å². The lowest BCUT2D eigenvalue weighted by molar-refractivity contribution is 0.477. The Hall–Kier alpha value is -1.22. The van der Waals surface area contributed by atoms with E-state index in [0.29, 0.717) is 5.69 Å². The van der Waals surface area contributed by atoms with Crippen LogP contribution in [0.25, 0.3) is 0 Å². The zero-order valence-corrected chi connectivity index (χ0v) is 7.66. The van der Waals surface area contributed by atoms with Gasteiger partial charge in [0.25, 0.3) is 0 Å². The van der Waals surface area contributed by atoms with Crippen LogP contribution < -0.4 is 11.5 Å². The Balaban J connectivity index is 2.53. The summed E-state index contributed by atoms with van der Waals surface area (Å²) in [4.78, 5) is 0. The van der Waals surface area contributed by atoms with E-state index in [1.807, 2.05) is 12.1 Å². The Morgan fingerprint density at radius 2 is 2.00 bits per heavy atom. The maximum Gasteiger partial charge on any atom is 0.138 e. The van der Waals surface area contributed by atoms with E-state index in [2.05, 4.69) is 0 Å². The molecule has 0 atom stereocenters. The summed E-state index contributed by atoms with van der Waals surface area (Å²) >= 11 is 0. The van der Waals surface area contributed by atoms with Crippen molar-refractivity contribution >= 4 is 5.69 Å². The topological polar surface area (TPSA) is 72.3 Å². The van der Waals surface area contributed by atoms with Gasteiger partial charge >= 0.3 is 0 Å². The highest BCUT2D eigenvalue weighted by atomic mass is 16.3. The molecular formula is C10H16N2O. The summed E-state index contributed by atoms with van der Waals surface area (Å²) in [5, 5.41) is 9.17. The van der Waals surface area contributed by atoms with Crippen molar-refractivity contribution < 1.29 is 5.11 Å². The summed E-state index contributed by atoms with van der Waals surface area (Å²) in [6, 6.07) is 5.33. The Morgan fingerprint density at radius 1 is 1.23 bits per heavy atom. The number of nitrogen functional groups attached to an aromatic ring is 1. The number of hydrogen-bond acceptors (Lipinski definition) is 3. The molecule has 1 rings (SSSR count). The largest absolute Gasteiger partial charge is 0.506 e. The summed E-state index contributed by atoms with van der Waals surface area (Å²) in [5.74, 6) is 0.155. The van der Waals surface area contributed by atoms with Crippen LogP contribution in [0, 0.1) is 0 Å². The van der Waals surface area contributed by atoms with Crippen LogP contribution in [0.2, 0.25) is 0 Å². The van der Waals surface area contributed by atoms with Crippen LogP contribution in [0.3, 0.4) is 0 Å². The standard InChI is InChI=1S/C10H16N2O/c11-6-2-1-3-8-4-5-10(13)9(12)7-8/h4-5,7,13H,1-3,6,11-12H2. The molecule has 0 radical (unpaired) electrons. The van der Waals surface area contributed by atoms with Crippen LogP contribution in [0.4, 0.5) is 5.69 Å². The first kappa shape index (κ1) is 9.86. The average molecular weight is 180 g/mol. The van der Waals surface area contributed by atoms with E-state index >= 15 is 0 Å². The molecule has 3 nitrogen and oxygen atoms in total. The fourth-order valence-corrected chi connectivity index (χ4v) is 1.23. The fourth-order valence-electron chi connectivity index (χ4n) is 1.23. The summed E-state index contributed by atoms with van der Waals surface area (Å²) < 4.78 is 0. The fraction of sp³-hybridized carbons (Fsp3) is 0.400. The second kappa shape index (κ2) is 4.72. The predicted octanol–water partition coefficient (Wildman–Crippen LogP) is 1.26. The number of nitrogens with two attached hydrogens (primary N) is 2. The Morgan fingerprint density at radius 3 is 2.62 bits per heavy atom. The van der Waals surface area contributed by atoms with Crippen molar-refractivity contribution in [3.05, 3.63) is 23.8 Å². The van der Waals surface area contributed by atoms with E-state index in [-0.39, 0.29) is 5.75 Å². The SMILES string of the molecule is NCCCCc1ccc(O)c(N)c1. The molecule has 0 spiro atoms. The molecule has 0 bridgehead atoms. The molecule has 13 heavy (non-hydrogen) atoms. The molecule has 72 valence electrons. The maximum atomic E-state index is 9.17. The summed E-state index contributed by atoms with van der Waals surface area (Å²) in [5.41, 5.74) is 12.5. The summed E-state index contributed by atoms with van der Waals surface area (Å²) in [7, 11) is 0.